The number of likely N-dealkylation sites (tertiary alicyclic amines) is 1. The van der Waals surface area contributed by atoms with E-state index in [9.17, 15) is 9.59 Å². The number of aromatic nitrogens is 2. The maximum Gasteiger partial charge on any atom is 0.274 e. The zero-order valence-electron chi connectivity index (χ0n) is 13.1. The maximum absolute atomic E-state index is 12.6. The monoisotopic (exact) mass is 304 g/mol. The average Bonchev–Trinajstić information content (AvgIpc) is 3.19. The van der Waals surface area contributed by atoms with Crippen molar-refractivity contribution >= 4 is 11.8 Å². The Bertz CT molecular complexity index is 578. The molecule has 1 aromatic heterocycles. The lowest BCUT2D eigenvalue weighted by Gasteiger charge is -2.40. The number of carbonyl (C=O) groups is 2. The third kappa shape index (κ3) is 2.87. The summed E-state index contributed by atoms with van der Waals surface area (Å²) in [6, 6.07) is 1.74. The number of nitrogens with two attached hydrogens (primary N) is 1. The number of amides is 2. The fraction of sp³-hybridized carbons (Fsp3) is 0.688. The van der Waals surface area contributed by atoms with Gasteiger partial charge in [0.25, 0.3) is 5.91 Å². The van der Waals surface area contributed by atoms with E-state index >= 15 is 0 Å². The molecule has 6 heteroatoms. The van der Waals surface area contributed by atoms with Crippen LogP contribution < -0.4 is 5.73 Å². The van der Waals surface area contributed by atoms with Crippen molar-refractivity contribution in [1.29, 1.82) is 0 Å². The van der Waals surface area contributed by atoms with Crippen LogP contribution in [0.5, 0.6) is 0 Å². The van der Waals surface area contributed by atoms with E-state index in [-0.39, 0.29) is 11.8 Å². The van der Waals surface area contributed by atoms with Gasteiger partial charge in [-0.3, -0.25) is 14.3 Å². The molecule has 1 saturated carbocycles. The van der Waals surface area contributed by atoms with Crippen LogP contribution in [0.1, 0.15) is 49.5 Å². The standard InChI is InChI=1S/C16H24N4O2/c1-2-20-9-6-13(18-20)14(21)19-8-3-7-16(11-19,15(17)22)10-12-4-5-12/h6,9,12H,2-5,7-8,10-11H2,1H3,(H2,17,22). The van der Waals surface area contributed by atoms with Crippen molar-refractivity contribution in [3.8, 4) is 0 Å². The van der Waals surface area contributed by atoms with Gasteiger partial charge in [-0.15, -0.1) is 0 Å². The second-order valence-electron chi connectivity index (χ2n) is 6.68. The zero-order chi connectivity index (χ0) is 15.7. The molecule has 6 nitrogen and oxygen atoms in total. The number of primary amides is 1. The van der Waals surface area contributed by atoms with Crippen LogP contribution in [0.15, 0.2) is 12.3 Å². The number of piperidine rings is 1. The number of nitrogens with zero attached hydrogens (tertiary/aromatic N) is 3. The number of carbonyl (C=O) groups excluding carboxylic acids is 2. The summed E-state index contributed by atoms with van der Waals surface area (Å²) in [6.45, 7) is 3.84. The van der Waals surface area contributed by atoms with Crippen molar-refractivity contribution in [2.24, 2.45) is 17.1 Å². The molecule has 1 atom stereocenters. The molecule has 2 N–H and O–H groups in total. The van der Waals surface area contributed by atoms with E-state index in [0.717, 1.165) is 25.8 Å². The summed E-state index contributed by atoms with van der Waals surface area (Å²) in [5.41, 5.74) is 5.62. The predicted molar refractivity (Wildman–Crippen MR) is 82.0 cm³/mol. The average molecular weight is 304 g/mol. The SMILES string of the molecule is CCn1ccc(C(=O)N2CCCC(CC3CC3)(C(N)=O)C2)n1. The Labute approximate surface area is 130 Å². The summed E-state index contributed by atoms with van der Waals surface area (Å²) in [5, 5.41) is 4.28. The second kappa shape index (κ2) is 5.74. The van der Waals surface area contributed by atoms with Gasteiger partial charge in [-0.05, 0) is 38.2 Å². The lowest BCUT2D eigenvalue weighted by atomic mass is 9.75. The first-order valence-corrected chi connectivity index (χ1v) is 8.17. The molecule has 0 radical (unpaired) electrons. The van der Waals surface area contributed by atoms with Crippen LogP contribution in [-0.2, 0) is 11.3 Å². The first-order chi connectivity index (χ1) is 10.5. The van der Waals surface area contributed by atoms with Crippen molar-refractivity contribution < 1.29 is 9.59 Å². The van der Waals surface area contributed by atoms with Crippen LogP contribution >= 0.6 is 0 Å². The van der Waals surface area contributed by atoms with Crippen molar-refractivity contribution in [2.45, 2.75) is 45.6 Å². The highest BCUT2D eigenvalue weighted by Crippen LogP contribution is 2.44. The van der Waals surface area contributed by atoms with Gasteiger partial charge in [-0.25, -0.2) is 0 Å². The van der Waals surface area contributed by atoms with Gasteiger partial charge < -0.3 is 10.6 Å². The van der Waals surface area contributed by atoms with Crippen LogP contribution in [-0.4, -0.2) is 39.6 Å². The predicted octanol–water partition coefficient (Wildman–Crippen LogP) is 1.41. The molecule has 0 bridgehead atoms. The maximum atomic E-state index is 12.6. The molecule has 0 aromatic carbocycles. The third-order valence-corrected chi connectivity index (χ3v) is 4.95. The quantitative estimate of drug-likeness (QED) is 0.893. The van der Waals surface area contributed by atoms with Crippen molar-refractivity contribution in [2.75, 3.05) is 13.1 Å². The Morgan fingerprint density at radius 1 is 1.45 bits per heavy atom. The van der Waals surface area contributed by atoms with E-state index in [0.29, 0.717) is 24.7 Å². The molecular weight excluding hydrogens is 280 g/mol. The van der Waals surface area contributed by atoms with Crippen molar-refractivity contribution in [3.05, 3.63) is 18.0 Å². The van der Waals surface area contributed by atoms with E-state index in [1.165, 1.54) is 12.8 Å². The minimum Gasteiger partial charge on any atom is -0.369 e. The molecule has 1 aromatic rings. The second-order valence-corrected chi connectivity index (χ2v) is 6.68. The third-order valence-electron chi connectivity index (χ3n) is 4.95. The largest absolute Gasteiger partial charge is 0.369 e. The molecule has 1 aliphatic carbocycles. The molecule has 2 aliphatic rings. The smallest absolute Gasteiger partial charge is 0.274 e. The summed E-state index contributed by atoms with van der Waals surface area (Å²) in [4.78, 5) is 26.5. The Hall–Kier alpha value is -1.85. The summed E-state index contributed by atoms with van der Waals surface area (Å²) in [7, 11) is 0. The lowest BCUT2D eigenvalue weighted by molar-refractivity contribution is -0.131. The molecule has 120 valence electrons. The van der Waals surface area contributed by atoms with E-state index < -0.39 is 5.41 Å². The minimum atomic E-state index is -0.539. The van der Waals surface area contributed by atoms with E-state index in [1.54, 1.807) is 15.6 Å². The van der Waals surface area contributed by atoms with Gasteiger partial charge in [0.05, 0.1) is 5.41 Å². The highest BCUT2D eigenvalue weighted by Gasteiger charge is 2.45. The number of aryl methyl sites for hydroxylation is 1. The molecule has 1 aliphatic heterocycles. The van der Waals surface area contributed by atoms with Crippen LogP contribution in [0.25, 0.3) is 0 Å². The van der Waals surface area contributed by atoms with Crippen LogP contribution in [0.3, 0.4) is 0 Å². The fourth-order valence-electron chi connectivity index (χ4n) is 3.46. The summed E-state index contributed by atoms with van der Waals surface area (Å²) < 4.78 is 1.74. The molecule has 2 fully saturated rings. The molecule has 3 rings (SSSR count). The van der Waals surface area contributed by atoms with Gasteiger partial charge in [0, 0.05) is 25.8 Å². The molecular formula is C16H24N4O2. The van der Waals surface area contributed by atoms with Gasteiger partial charge in [-0.2, -0.15) is 5.10 Å². The van der Waals surface area contributed by atoms with E-state index in [2.05, 4.69) is 5.10 Å². The normalized spacial score (nSPS) is 25.2. The van der Waals surface area contributed by atoms with Crippen molar-refractivity contribution in [3.63, 3.8) is 0 Å². The minimum absolute atomic E-state index is 0.0895. The topological polar surface area (TPSA) is 81.2 Å². The van der Waals surface area contributed by atoms with Crippen molar-refractivity contribution in [1.82, 2.24) is 14.7 Å². The van der Waals surface area contributed by atoms with E-state index in [4.69, 9.17) is 5.73 Å². The number of rotatable bonds is 5. The van der Waals surface area contributed by atoms with Gasteiger partial charge in [-0.1, -0.05) is 12.8 Å². The number of hydrogen-bond acceptors (Lipinski definition) is 3. The Kier molecular flexibility index (Phi) is 3.93. The summed E-state index contributed by atoms with van der Waals surface area (Å²) in [5.74, 6) is 0.270. The van der Waals surface area contributed by atoms with E-state index in [1.807, 2.05) is 13.1 Å². The Balaban J connectivity index is 1.75. The molecule has 2 heterocycles. The van der Waals surface area contributed by atoms with Crippen LogP contribution in [0, 0.1) is 11.3 Å². The van der Waals surface area contributed by atoms with Gasteiger partial charge in [0.2, 0.25) is 5.91 Å². The highest BCUT2D eigenvalue weighted by molar-refractivity contribution is 5.93. The van der Waals surface area contributed by atoms with Crippen LogP contribution in [0.2, 0.25) is 0 Å². The van der Waals surface area contributed by atoms with Gasteiger partial charge in [0.1, 0.15) is 5.69 Å². The number of hydrogen-bond donors (Lipinski definition) is 1. The molecule has 0 spiro atoms. The lowest BCUT2D eigenvalue weighted by Crippen LogP contribution is -2.52. The first kappa shape index (κ1) is 15.1. The summed E-state index contributed by atoms with van der Waals surface area (Å²) in [6.07, 6.45) is 6.63. The molecule has 22 heavy (non-hydrogen) atoms. The molecule has 2 amide bonds. The zero-order valence-corrected chi connectivity index (χ0v) is 13.1. The molecule has 1 saturated heterocycles. The van der Waals surface area contributed by atoms with Gasteiger partial charge >= 0.3 is 0 Å². The molecule has 1 unspecified atom stereocenters. The Morgan fingerprint density at radius 2 is 2.23 bits per heavy atom. The van der Waals surface area contributed by atoms with Gasteiger partial charge in [0.15, 0.2) is 0 Å². The Morgan fingerprint density at radius 3 is 2.82 bits per heavy atom. The van der Waals surface area contributed by atoms with Crippen LogP contribution in [0.4, 0.5) is 0 Å². The first-order valence-electron chi connectivity index (χ1n) is 8.17. The fourth-order valence-corrected chi connectivity index (χ4v) is 3.46. The highest BCUT2D eigenvalue weighted by atomic mass is 16.2. The summed E-state index contributed by atoms with van der Waals surface area (Å²) >= 11 is 0.